The highest BCUT2D eigenvalue weighted by Gasteiger charge is 2.15. The lowest BCUT2D eigenvalue weighted by atomic mass is 10.2. The van der Waals surface area contributed by atoms with Gasteiger partial charge in [-0.15, -0.1) is 0 Å². The lowest BCUT2D eigenvalue weighted by Gasteiger charge is -2.05. The molecule has 0 radical (unpaired) electrons. The van der Waals surface area contributed by atoms with E-state index in [2.05, 4.69) is 4.98 Å². The normalized spacial score (nSPS) is 13.2. The molecule has 130 valence electrons. The zero-order valence-corrected chi connectivity index (χ0v) is 14.4. The highest BCUT2D eigenvalue weighted by molar-refractivity contribution is 7.89. The Balaban J connectivity index is 1.62. The lowest BCUT2D eigenvalue weighted by Crippen LogP contribution is -2.30. The van der Waals surface area contributed by atoms with E-state index in [1.54, 1.807) is 18.2 Å². The van der Waals surface area contributed by atoms with Crippen LogP contribution < -0.4 is 14.2 Å². The second-order valence-corrected chi connectivity index (χ2v) is 7.27. The molecule has 1 aliphatic heterocycles. The molecule has 0 saturated heterocycles. The Morgan fingerprint density at radius 3 is 2.80 bits per heavy atom. The Kier molecular flexibility index (Phi) is 4.91. The number of benzene rings is 1. The highest BCUT2D eigenvalue weighted by Crippen LogP contribution is 2.32. The van der Waals surface area contributed by atoms with Gasteiger partial charge in [-0.2, -0.15) is 0 Å². The number of aromatic nitrogens is 1. The molecule has 2 aromatic rings. The van der Waals surface area contributed by atoms with Gasteiger partial charge in [0.05, 0.1) is 5.75 Å². The van der Waals surface area contributed by atoms with Gasteiger partial charge in [0, 0.05) is 12.3 Å². The number of sulfonamides is 1. The Hall–Kier alpha value is -2.58. The van der Waals surface area contributed by atoms with Crippen molar-refractivity contribution in [3.8, 4) is 11.5 Å². The number of ether oxygens (including phenoxy) is 2. The smallest absolute Gasteiger partial charge is 0.257 e. The molecule has 1 aliphatic rings. The molecule has 0 fully saturated rings. The third kappa shape index (κ3) is 4.71. The number of pyridine rings is 1. The molecule has 1 N–H and O–H groups in total. The molecule has 2 heterocycles. The van der Waals surface area contributed by atoms with Crippen LogP contribution in [0.15, 0.2) is 42.6 Å². The monoisotopic (exact) mass is 380 g/mol. The van der Waals surface area contributed by atoms with Crippen LogP contribution in [0.25, 0.3) is 6.08 Å². The van der Waals surface area contributed by atoms with E-state index in [0.29, 0.717) is 22.6 Å². The fraction of sp³-hybridized carbons (Fsp3) is 0.125. The first-order chi connectivity index (χ1) is 11.9. The fourth-order valence-electron chi connectivity index (χ4n) is 2.12. The summed E-state index contributed by atoms with van der Waals surface area (Å²) in [5, 5.41) is 0.261. The van der Waals surface area contributed by atoms with E-state index in [9.17, 15) is 13.2 Å². The number of fused-ring (bicyclic) bond motifs is 1. The fourth-order valence-corrected chi connectivity index (χ4v) is 3.29. The first-order valence-electron chi connectivity index (χ1n) is 7.14. The molecule has 0 atom stereocenters. The summed E-state index contributed by atoms with van der Waals surface area (Å²) in [6.45, 7) is 0.154. The van der Waals surface area contributed by atoms with E-state index in [1.807, 2.05) is 4.72 Å². The average Bonchev–Trinajstić information content (AvgIpc) is 3.02. The van der Waals surface area contributed by atoms with Gasteiger partial charge < -0.3 is 9.47 Å². The van der Waals surface area contributed by atoms with Gasteiger partial charge in [-0.3, -0.25) is 4.79 Å². The predicted molar refractivity (Wildman–Crippen MR) is 91.6 cm³/mol. The van der Waals surface area contributed by atoms with Crippen molar-refractivity contribution in [2.45, 2.75) is 5.75 Å². The molecule has 25 heavy (non-hydrogen) atoms. The number of amides is 1. The van der Waals surface area contributed by atoms with Crippen molar-refractivity contribution in [3.05, 3.63) is 58.9 Å². The van der Waals surface area contributed by atoms with Crippen molar-refractivity contribution >= 4 is 33.6 Å². The summed E-state index contributed by atoms with van der Waals surface area (Å²) in [5.74, 6) is 0.0755. The van der Waals surface area contributed by atoms with Crippen LogP contribution in [0.2, 0.25) is 5.15 Å². The lowest BCUT2D eigenvalue weighted by molar-refractivity contribution is -0.114. The van der Waals surface area contributed by atoms with Crippen LogP contribution in [0, 0.1) is 0 Å². The molecule has 0 unspecified atom stereocenters. The third-order valence-electron chi connectivity index (χ3n) is 3.23. The Morgan fingerprint density at radius 2 is 2.04 bits per heavy atom. The molecule has 0 saturated carbocycles. The van der Waals surface area contributed by atoms with Gasteiger partial charge in [-0.05, 0) is 35.4 Å². The zero-order chi connectivity index (χ0) is 17.9. The summed E-state index contributed by atoms with van der Waals surface area (Å²) in [7, 11) is -3.84. The molecule has 9 heteroatoms. The van der Waals surface area contributed by atoms with Gasteiger partial charge in [0.15, 0.2) is 11.5 Å². The molecular formula is C16H13ClN2O5S. The van der Waals surface area contributed by atoms with Crippen LogP contribution in [0.4, 0.5) is 0 Å². The van der Waals surface area contributed by atoms with Gasteiger partial charge in [-0.1, -0.05) is 23.7 Å². The molecule has 0 bridgehead atoms. The molecule has 1 amide bonds. The SMILES string of the molecule is O=C(C=Cc1ccc2c(c1)OCO2)NS(=O)(=O)Cc1ccc(Cl)nc1. The van der Waals surface area contributed by atoms with Crippen molar-refractivity contribution in [2.24, 2.45) is 0 Å². The van der Waals surface area contributed by atoms with Crippen molar-refractivity contribution in [1.82, 2.24) is 9.71 Å². The number of hydrogen-bond acceptors (Lipinski definition) is 6. The summed E-state index contributed by atoms with van der Waals surface area (Å²) in [5.41, 5.74) is 1.10. The number of nitrogens with one attached hydrogen (secondary N) is 1. The summed E-state index contributed by atoms with van der Waals surface area (Å²) in [4.78, 5) is 15.6. The van der Waals surface area contributed by atoms with Gasteiger partial charge in [0.2, 0.25) is 16.8 Å². The Bertz CT molecular complexity index is 926. The van der Waals surface area contributed by atoms with E-state index in [-0.39, 0.29) is 17.7 Å². The standard InChI is InChI=1S/C16H13ClN2O5S/c17-15-5-2-12(8-18-15)9-25(21,22)19-16(20)6-3-11-1-4-13-14(7-11)24-10-23-13/h1-8H,9-10H2,(H,19,20). The largest absolute Gasteiger partial charge is 0.454 e. The van der Waals surface area contributed by atoms with Crippen LogP contribution >= 0.6 is 11.6 Å². The molecule has 7 nitrogen and oxygen atoms in total. The second kappa shape index (κ2) is 7.12. The van der Waals surface area contributed by atoms with Crippen molar-refractivity contribution < 1.29 is 22.7 Å². The van der Waals surface area contributed by atoms with E-state index >= 15 is 0 Å². The molecule has 0 aliphatic carbocycles. The number of halogens is 1. The Morgan fingerprint density at radius 1 is 1.24 bits per heavy atom. The Labute approximate surface area is 149 Å². The van der Waals surface area contributed by atoms with E-state index in [0.717, 1.165) is 6.08 Å². The van der Waals surface area contributed by atoms with Crippen LogP contribution in [0.5, 0.6) is 11.5 Å². The summed E-state index contributed by atoms with van der Waals surface area (Å²) >= 11 is 5.65. The number of nitrogens with zero attached hydrogens (tertiary/aromatic N) is 1. The molecule has 1 aromatic carbocycles. The van der Waals surface area contributed by atoms with E-state index < -0.39 is 15.9 Å². The first kappa shape index (κ1) is 17.2. The number of carbonyl (C=O) groups excluding carboxylic acids is 1. The van der Waals surface area contributed by atoms with Crippen molar-refractivity contribution in [1.29, 1.82) is 0 Å². The predicted octanol–water partition coefficient (Wildman–Crippen LogP) is 2.12. The van der Waals surface area contributed by atoms with Gasteiger partial charge in [0.1, 0.15) is 5.15 Å². The minimum Gasteiger partial charge on any atom is -0.454 e. The topological polar surface area (TPSA) is 94.6 Å². The maximum atomic E-state index is 12.0. The average molecular weight is 381 g/mol. The van der Waals surface area contributed by atoms with Gasteiger partial charge in [-0.25, -0.2) is 18.1 Å². The minimum absolute atomic E-state index is 0.154. The second-order valence-electron chi connectivity index (χ2n) is 5.16. The zero-order valence-electron chi connectivity index (χ0n) is 12.8. The molecular weight excluding hydrogens is 368 g/mol. The third-order valence-corrected chi connectivity index (χ3v) is 4.67. The van der Waals surface area contributed by atoms with Crippen LogP contribution in [0.1, 0.15) is 11.1 Å². The first-order valence-corrected chi connectivity index (χ1v) is 9.17. The van der Waals surface area contributed by atoms with Crippen LogP contribution in [-0.2, 0) is 20.6 Å². The quantitative estimate of drug-likeness (QED) is 0.630. The number of carbonyl (C=O) groups is 1. The number of rotatable bonds is 5. The summed E-state index contributed by atoms with van der Waals surface area (Å²) in [6.07, 6.45) is 3.96. The molecule has 0 spiro atoms. The van der Waals surface area contributed by atoms with Gasteiger partial charge >= 0.3 is 0 Å². The van der Waals surface area contributed by atoms with Gasteiger partial charge in [0.25, 0.3) is 5.91 Å². The van der Waals surface area contributed by atoms with Crippen molar-refractivity contribution in [3.63, 3.8) is 0 Å². The van der Waals surface area contributed by atoms with E-state index in [1.165, 1.54) is 24.4 Å². The summed E-state index contributed by atoms with van der Waals surface area (Å²) < 4.78 is 36.4. The van der Waals surface area contributed by atoms with Crippen molar-refractivity contribution in [2.75, 3.05) is 6.79 Å². The number of hydrogen-bond donors (Lipinski definition) is 1. The molecule has 3 rings (SSSR count). The maximum Gasteiger partial charge on any atom is 0.257 e. The maximum absolute atomic E-state index is 12.0. The minimum atomic E-state index is -3.84. The highest BCUT2D eigenvalue weighted by atomic mass is 35.5. The van der Waals surface area contributed by atoms with Crippen LogP contribution in [-0.4, -0.2) is 26.1 Å². The summed E-state index contributed by atoms with van der Waals surface area (Å²) in [6, 6.07) is 8.14. The van der Waals surface area contributed by atoms with E-state index in [4.69, 9.17) is 21.1 Å². The molecule has 1 aromatic heterocycles. The van der Waals surface area contributed by atoms with Crippen LogP contribution in [0.3, 0.4) is 0 Å².